The Labute approximate surface area is 114 Å². The molecule has 1 fully saturated rings. The molecule has 4 nitrogen and oxygen atoms in total. The van der Waals surface area contributed by atoms with Crippen molar-refractivity contribution in [2.45, 2.75) is 31.9 Å². The molecule has 0 radical (unpaired) electrons. The van der Waals surface area contributed by atoms with Crippen molar-refractivity contribution < 1.29 is 9.47 Å². The Morgan fingerprint density at radius 2 is 2.37 bits per heavy atom. The fourth-order valence-electron chi connectivity index (χ4n) is 2.40. The number of nitriles is 1. The highest BCUT2D eigenvalue weighted by Gasteiger charge is 2.28. The molecule has 102 valence electrons. The number of hydrogen-bond donors (Lipinski definition) is 1. The molecule has 0 aliphatic carbocycles. The summed E-state index contributed by atoms with van der Waals surface area (Å²) in [5.41, 5.74) is 1.62. The molecule has 1 N–H and O–H groups in total. The molecule has 0 aromatic heterocycles. The van der Waals surface area contributed by atoms with Gasteiger partial charge in [0.05, 0.1) is 18.3 Å². The fourth-order valence-corrected chi connectivity index (χ4v) is 2.40. The Hall–Kier alpha value is -1.57. The standard InChI is InChI=1S/C15H20N2O2/c1-15(6-3-7-19-15)11-17-10-12-4-5-14(18-2)13(8-12)9-16/h4-5,8,17H,3,6-7,10-11H2,1-2H3. The molecule has 0 saturated carbocycles. The number of ether oxygens (including phenoxy) is 2. The smallest absolute Gasteiger partial charge is 0.136 e. The van der Waals surface area contributed by atoms with Crippen molar-refractivity contribution in [1.29, 1.82) is 5.26 Å². The van der Waals surface area contributed by atoms with Crippen LogP contribution in [0.5, 0.6) is 5.75 Å². The largest absolute Gasteiger partial charge is 0.495 e. The van der Waals surface area contributed by atoms with Gasteiger partial charge in [-0.2, -0.15) is 5.26 Å². The third-order valence-corrected chi connectivity index (χ3v) is 3.51. The van der Waals surface area contributed by atoms with E-state index in [9.17, 15) is 0 Å². The van der Waals surface area contributed by atoms with E-state index >= 15 is 0 Å². The van der Waals surface area contributed by atoms with E-state index < -0.39 is 0 Å². The van der Waals surface area contributed by atoms with Gasteiger partial charge < -0.3 is 14.8 Å². The minimum absolute atomic E-state index is 0.0372. The third kappa shape index (κ3) is 3.46. The molecule has 19 heavy (non-hydrogen) atoms. The Bertz CT molecular complexity index is 474. The van der Waals surface area contributed by atoms with Gasteiger partial charge in [-0.15, -0.1) is 0 Å². The van der Waals surface area contributed by atoms with Gasteiger partial charge in [-0.25, -0.2) is 0 Å². The van der Waals surface area contributed by atoms with E-state index in [4.69, 9.17) is 14.7 Å². The van der Waals surface area contributed by atoms with Crippen molar-refractivity contribution in [3.8, 4) is 11.8 Å². The van der Waals surface area contributed by atoms with E-state index in [2.05, 4.69) is 18.3 Å². The lowest BCUT2D eigenvalue weighted by Gasteiger charge is -2.23. The monoisotopic (exact) mass is 260 g/mol. The van der Waals surface area contributed by atoms with Crippen LogP contribution in [0.25, 0.3) is 0 Å². The van der Waals surface area contributed by atoms with Crippen LogP contribution in [0, 0.1) is 11.3 Å². The van der Waals surface area contributed by atoms with E-state index in [1.165, 1.54) is 0 Å². The van der Waals surface area contributed by atoms with Crippen molar-refractivity contribution in [3.05, 3.63) is 29.3 Å². The highest BCUT2D eigenvalue weighted by molar-refractivity contribution is 5.45. The summed E-state index contributed by atoms with van der Waals surface area (Å²) in [6.07, 6.45) is 2.24. The van der Waals surface area contributed by atoms with Crippen molar-refractivity contribution in [2.75, 3.05) is 20.3 Å². The summed E-state index contributed by atoms with van der Waals surface area (Å²) < 4.78 is 10.9. The van der Waals surface area contributed by atoms with Gasteiger partial charge in [0.2, 0.25) is 0 Å². The number of methoxy groups -OCH3 is 1. The first-order chi connectivity index (χ1) is 9.17. The summed E-state index contributed by atoms with van der Waals surface area (Å²) in [6.45, 7) is 4.57. The third-order valence-electron chi connectivity index (χ3n) is 3.51. The van der Waals surface area contributed by atoms with Crippen LogP contribution in [0.1, 0.15) is 30.9 Å². The summed E-state index contributed by atoms with van der Waals surface area (Å²) in [5, 5.41) is 12.4. The van der Waals surface area contributed by atoms with Crippen LogP contribution in [-0.2, 0) is 11.3 Å². The molecule has 4 heteroatoms. The van der Waals surface area contributed by atoms with Crippen LogP contribution in [0.2, 0.25) is 0 Å². The first kappa shape index (κ1) is 13.9. The van der Waals surface area contributed by atoms with Crippen molar-refractivity contribution >= 4 is 0 Å². The molecule has 1 aliphatic rings. The van der Waals surface area contributed by atoms with Crippen LogP contribution in [0.3, 0.4) is 0 Å². The SMILES string of the molecule is COc1ccc(CNCC2(C)CCCO2)cc1C#N. The molecule has 1 atom stereocenters. The summed E-state index contributed by atoms with van der Waals surface area (Å²) >= 11 is 0. The quantitative estimate of drug-likeness (QED) is 0.882. The zero-order valence-corrected chi connectivity index (χ0v) is 11.5. The highest BCUT2D eigenvalue weighted by atomic mass is 16.5. The number of nitrogens with one attached hydrogen (secondary N) is 1. The maximum atomic E-state index is 9.04. The minimum Gasteiger partial charge on any atom is -0.495 e. The van der Waals surface area contributed by atoms with Crippen molar-refractivity contribution in [3.63, 3.8) is 0 Å². The van der Waals surface area contributed by atoms with Crippen molar-refractivity contribution in [2.24, 2.45) is 0 Å². The predicted molar refractivity (Wildman–Crippen MR) is 73.0 cm³/mol. The molecule has 1 aliphatic heterocycles. The summed E-state index contributed by atoms with van der Waals surface area (Å²) in [5.74, 6) is 0.623. The van der Waals surface area contributed by atoms with Gasteiger partial charge in [0.1, 0.15) is 11.8 Å². The molecular formula is C15H20N2O2. The lowest BCUT2D eigenvalue weighted by molar-refractivity contribution is 0.0207. The van der Waals surface area contributed by atoms with Gasteiger partial charge in [-0.3, -0.25) is 0 Å². The topological polar surface area (TPSA) is 54.3 Å². The summed E-state index contributed by atoms with van der Waals surface area (Å²) in [6, 6.07) is 7.83. The average molecular weight is 260 g/mol. The predicted octanol–water partition coefficient (Wildman–Crippen LogP) is 2.23. The molecular weight excluding hydrogens is 240 g/mol. The number of rotatable bonds is 5. The molecule has 1 unspecified atom stereocenters. The van der Waals surface area contributed by atoms with Gasteiger partial charge >= 0.3 is 0 Å². The molecule has 1 saturated heterocycles. The van der Waals surface area contributed by atoms with E-state index in [-0.39, 0.29) is 5.60 Å². The van der Waals surface area contributed by atoms with Crippen LogP contribution >= 0.6 is 0 Å². The summed E-state index contributed by atoms with van der Waals surface area (Å²) in [7, 11) is 1.58. The Balaban J connectivity index is 1.91. The Kier molecular flexibility index (Phi) is 4.41. The van der Waals surface area contributed by atoms with Crippen molar-refractivity contribution in [1.82, 2.24) is 5.32 Å². The molecule has 1 aromatic rings. The molecule has 1 aromatic carbocycles. The van der Waals surface area contributed by atoms with Gasteiger partial charge in [0, 0.05) is 19.7 Å². The second-order valence-corrected chi connectivity index (χ2v) is 5.15. The lowest BCUT2D eigenvalue weighted by atomic mass is 10.0. The molecule has 1 heterocycles. The fraction of sp³-hybridized carbons (Fsp3) is 0.533. The van der Waals surface area contributed by atoms with Crippen LogP contribution in [0.4, 0.5) is 0 Å². The van der Waals surface area contributed by atoms with Crippen LogP contribution in [0.15, 0.2) is 18.2 Å². The average Bonchev–Trinajstić information content (AvgIpc) is 2.85. The first-order valence-corrected chi connectivity index (χ1v) is 6.58. The van der Waals surface area contributed by atoms with E-state index in [1.807, 2.05) is 18.2 Å². The summed E-state index contributed by atoms with van der Waals surface area (Å²) in [4.78, 5) is 0. The maximum Gasteiger partial charge on any atom is 0.136 e. The van der Waals surface area contributed by atoms with Gasteiger partial charge in [0.25, 0.3) is 0 Å². The Morgan fingerprint density at radius 1 is 1.53 bits per heavy atom. The molecule has 0 bridgehead atoms. The van der Waals surface area contributed by atoms with Gasteiger partial charge in [-0.05, 0) is 37.5 Å². The number of nitrogens with zero attached hydrogens (tertiary/aromatic N) is 1. The lowest BCUT2D eigenvalue weighted by Crippen LogP contribution is -2.36. The minimum atomic E-state index is -0.0372. The second kappa shape index (κ2) is 6.05. The van der Waals surface area contributed by atoms with Gasteiger partial charge in [0.15, 0.2) is 0 Å². The number of benzene rings is 1. The molecule has 0 amide bonds. The molecule has 2 rings (SSSR count). The zero-order valence-electron chi connectivity index (χ0n) is 11.5. The normalized spacial score (nSPS) is 22.2. The van der Waals surface area contributed by atoms with E-state index in [1.54, 1.807) is 7.11 Å². The second-order valence-electron chi connectivity index (χ2n) is 5.15. The van der Waals surface area contributed by atoms with E-state index in [0.29, 0.717) is 11.3 Å². The zero-order chi connectivity index (χ0) is 13.7. The van der Waals surface area contributed by atoms with Crippen LogP contribution < -0.4 is 10.1 Å². The highest BCUT2D eigenvalue weighted by Crippen LogP contribution is 2.24. The first-order valence-electron chi connectivity index (χ1n) is 6.58. The van der Waals surface area contributed by atoms with Gasteiger partial charge in [-0.1, -0.05) is 6.07 Å². The van der Waals surface area contributed by atoms with Crippen LogP contribution in [-0.4, -0.2) is 25.9 Å². The Morgan fingerprint density at radius 3 is 3.00 bits per heavy atom. The number of hydrogen-bond acceptors (Lipinski definition) is 4. The van der Waals surface area contributed by atoms with E-state index in [0.717, 1.165) is 38.1 Å². The maximum absolute atomic E-state index is 9.04. The molecule has 0 spiro atoms.